The first-order valence-electron chi connectivity index (χ1n) is 13.8. The molecule has 0 saturated carbocycles. The SMILES string of the molecule is [2H]C(c1ccccc1)N(Cc1ccccc1OCCCCCC(=O)CO)C(=O)c1ccc(-c2cccnc2)cc1. The number of unbranched alkanes of at least 4 members (excludes halogenated alkanes) is 2. The quantitative estimate of drug-likeness (QED) is 0.202. The molecule has 0 aliphatic carbocycles. The Labute approximate surface area is 231 Å². The number of ketones is 1. The fourth-order valence-corrected chi connectivity index (χ4v) is 4.22. The molecule has 0 bridgehead atoms. The Kier molecular flexibility index (Phi) is 9.85. The van der Waals surface area contributed by atoms with Gasteiger partial charge in [0.25, 0.3) is 5.91 Å². The van der Waals surface area contributed by atoms with Gasteiger partial charge in [0.2, 0.25) is 0 Å². The number of hydrogen-bond acceptors (Lipinski definition) is 5. The normalized spacial score (nSPS) is 11.9. The Bertz CT molecular complexity index is 1360. The molecule has 0 fully saturated rings. The van der Waals surface area contributed by atoms with E-state index in [9.17, 15) is 9.59 Å². The van der Waals surface area contributed by atoms with Gasteiger partial charge in [0, 0.05) is 43.0 Å². The number of carbonyl (C=O) groups excluding carboxylic acids is 2. The molecule has 0 radical (unpaired) electrons. The lowest BCUT2D eigenvalue weighted by Gasteiger charge is -2.24. The minimum absolute atomic E-state index is 0.147. The average Bonchev–Trinajstić information content (AvgIpc) is 3.02. The number of benzene rings is 3. The minimum Gasteiger partial charge on any atom is -0.493 e. The molecule has 6 nitrogen and oxygen atoms in total. The molecule has 1 aromatic heterocycles. The van der Waals surface area contributed by atoms with E-state index < -0.39 is 13.1 Å². The summed E-state index contributed by atoms with van der Waals surface area (Å²) in [6.45, 7) is -0.651. The smallest absolute Gasteiger partial charge is 0.254 e. The fraction of sp³-hybridized carbons (Fsp3) is 0.242. The van der Waals surface area contributed by atoms with E-state index in [0.29, 0.717) is 30.8 Å². The summed E-state index contributed by atoms with van der Waals surface area (Å²) in [6, 6.07) is 28.1. The van der Waals surface area contributed by atoms with Gasteiger partial charge in [-0.1, -0.05) is 66.7 Å². The van der Waals surface area contributed by atoms with Gasteiger partial charge in [-0.25, -0.2) is 0 Å². The zero-order valence-corrected chi connectivity index (χ0v) is 21.9. The van der Waals surface area contributed by atoms with Gasteiger partial charge in [-0.05, 0) is 60.2 Å². The first-order chi connectivity index (χ1) is 19.6. The molecular weight excluding hydrogens is 488 g/mol. The van der Waals surface area contributed by atoms with E-state index in [0.717, 1.165) is 35.1 Å². The number of rotatable bonds is 14. The third kappa shape index (κ3) is 8.35. The first-order valence-corrected chi connectivity index (χ1v) is 13.2. The van der Waals surface area contributed by atoms with E-state index in [1.165, 1.54) is 0 Å². The minimum atomic E-state index is -0.913. The predicted octanol–water partition coefficient (Wildman–Crippen LogP) is 6.09. The zero-order valence-electron chi connectivity index (χ0n) is 22.9. The van der Waals surface area contributed by atoms with Gasteiger partial charge in [0.1, 0.15) is 12.4 Å². The molecule has 6 heteroatoms. The molecule has 0 aliphatic heterocycles. The second-order valence-electron chi connectivity index (χ2n) is 9.26. The second kappa shape index (κ2) is 14.6. The molecule has 0 spiro atoms. The van der Waals surface area contributed by atoms with Crippen molar-refractivity contribution in [1.82, 2.24) is 9.88 Å². The molecule has 1 amide bonds. The van der Waals surface area contributed by atoms with E-state index in [2.05, 4.69) is 4.98 Å². The molecule has 1 atom stereocenters. The number of amides is 1. The van der Waals surface area contributed by atoms with Crippen molar-refractivity contribution in [3.63, 3.8) is 0 Å². The van der Waals surface area contributed by atoms with Crippen LogP contribution in [0.15, 0.2) is 103 Å². The largest absolute Gasteiger partial charge is 0.493 e. The summed E-state index contributed by atoms with van der Waals surface area (Å²) in [6.07, 6.45) is 6.17. The summed E-state index contributed by atoms with van der Waals surface area (Å²) in [5.74, 6) is 0.273. The lowest BCUT2D eigenvalue weighted by atomic mass is 10.0. The molecule has 1 heterocycles. The van der Waals surface area contributed by atoms with Crippen LogP contribution in [0.5, 0.6) is 5.75 Å². The number of aromatic nitrogens is 1. The van der Waals surface area contributed by atoms with Gasteiger partial charge in [-0.15, -0.1) is 0 Å². The number of hydrogen-bond donors (Lipinski definition) is 1. The molecule has 1 N–H and O–H groups in total. The second-order valence-corrected chi connectivity index (χ2v) is 9.26. The third-order valence-corrected chi connectivity index (χ3v) is 6.34. The highest BCUT2D eigenvalue weighted by atomic mass is 16.5. The molecular formula is C33H34N2O4. The summed E-state index contributed by atoms with van der Waals surface area (Å²) in [4.78, 5) is 30.8. The van der Waals surface area contributed by atoms with Gasteiger partial charge in [-0.3, -0.25) is 14.6 Å². The van der Waals surface area contributed by atoms with E-state index >= 15 is 0 Å². The number of para-hydroxylation sites is 1. The molecule has 4 aromatic rings. The van der Waals surface area contributed by atoms with Crippen LogP contribution in [0.3, 0.4) is 0 Å². The number of carbonyl (C=O) groups is 2. The maximum atomic E-state index is 13.8. The predicted molar refractivity (Wildman–Crippen MR) is 152 cm³/mol. The highest BCUT2D eigenvalue weighted by Crippen LogP contribution is 2.24. The zero-order chi connectivity index (χ0) is 28.2. The summed E-state index contributed by atoms with van der Waals surface area (Å²) in [5, 5.41) is 8.85. The number of pyridine rings is 1. The van der Waals surface area contributed by atoms with Crippen molar-refractivity contribution in [3.05, 3.63) is 120 Å². The highest BCUT2D eigenvalue weighted by Gasteiger charge is 2.19. The van der Waals surface area contributed by atoms with Crippen molar-refractivity contribution >= 4 is 11.7 Å². The maximum Gasteiger partial charge on any atom is 0.254 e. The van der Waals surface area contributed by atoms with Crippen LogP contribution in [0.1, 0.15) is 48.5 Å². The standard InChI is InChI=1S/C33H34N2O4/c36-25-31(37)14-5-2-8-21-39-32-15-7-6-12-30(32)24-35(23-26-10-3-1-4-11-26)33(38)28-18-16-27(17-19-28)29-13-9-20-34-22-29/h1,3-4,6-7,9-13,15-20,22,36H,2,5,8,14,21,23-25H2/i23D. The fourth-order valence-electron chi connectivity index (χ4n) is 4.22. The van der Waals surface area contributed by atoms with Gasteiger partial charge in [0.05, 0.1) is 7.98 Å². The third-order valence-electron chi connectivity index (χ3n) is 6.34. The monoisotopic (exact) mass is 523 g/mol. The first kappa shape index (κ1) is 26.3. The Morgan fingerprint density at radius 1 is 0.846 bits per heavy atom. The Balaban J connectivity index is 1.51. The molecule has 0 aliphatic rings. The van der Waals surface area contributed by atoms with E-state index in [4.69, 9.17) is 11.2 Å². The Morgan fingerprint density at radius 2 is 1.62 bits per heavy atom. The molecule has 39 heavy (non-hydrogen) atoms. The number of nitrogens with zero attached hydrogens (tertiary/aromatic N) is 2. The van der Waals surface area contributed by atoms with Crippen LogP contribution in [0.4, 0.5) is 0 Å². The molecule has 0 saturated heterocycles. The van der Waals surface area contributed by atoms with Crippen molar-refractivity contribution in [2.45, 2.75) is 38.7 Å². The van der Waals surface area contributed by atoms with Crippen LogP contribution in [-0.4, -0.2) is 39.9 Å². The molecule has 200 valence electrons. The lowest BCUT2D eigenvalue weighted by molar-refractivity contribution is -0.121. The van der Waals surface area contributed by atoms with Crippen LogP contribution >= 0.6 is 0 Å². The summed E-state index contributed by atoms with van der Waals surface area (Å²) < 4.78 is 15.1. The molecule has 1 unspecified atom stereocenters. The number of Topliss-reactive ketones (excluding diaryl/α,β-unsaturated/α-hetero) is 1. The Morgan fingerprint density at radius 3 is 2.36 bits per heavy atom. The van der Waals surface area contributed by atoms with Gasteiger partial charge < -0.3 is 14.7 Å². The van der Waals surface area contributed by atoms with E-state index in [-0.39, 0.29) is 18.2 Å². The van der Waals surface area contributed by atoms with Crippen molar-refractivity contribution < 1.29 is 20.8 Å². The number of aliphatic hydroxyl groups is 1. The maximum absolute atomic E-state index is 13.8. The number of aliphatic hydroxyl groups excluding tert-OH is 1. The van der Waals surface area contributed by atoms with Crippen molar-refractivity contribution in [3.8, 4) is 16.9 Å². The van der Waals surface area contributed by atoms with Crippen molar-refractivity contribution in [2.24, 2.45) is 0 Å². The van der Waals surface area contributed by atoms with E-state index in [1.54, 1.807) is 29.4 Å². The summed E-state index contributed by atoms with van der Waals surface area (Å²) in [7, 11) is 0. The van der Waals surface area contributed by atoms with Gasteiger partial charge >= 0.3 is 0 Å². The topological polar surface area (TPSA) is 79.7 Å². The van der Waals surface area contributed by atoms with Crippen LogP contribution < -0.4 is 4.74 Å². The average molecular weight is 524 g/mol. The van der Waals surface area contributed by atoms with Gasteiger partial charge in [-0.2, -0.15) is 0 Å². The molecule has 3 aromatic carbocycles. The van der Waals surface area contributed by atoms with Crippen molar-refractivity contribution in [2.75, 3.05) is 13.2 Å². The summed E-state index contributed by atoms with van der Waals surface area (Å²) >= 11 is 0. The van der Waals surface area contributed by atoms with Crippen LogP contribution in [0.2, 0.25) is 0 Å². The van der Waals surface area contributed by atoms with Gasteiger partial charge in [0.15, 0.2) is 5.78 Å². The van der Waals surface area contributed by atoms with Crippen LogP contribution in [0.25, 0.3) is 11.1 Å². The van der Waals surface area contributed by atoms with E-state index in [1.807, 2.05) is 78.9 Å². The molecule has 4 rings (SSSR count). The van der Waals surface area contributed by atoms with Crippen molar-refractivity contribution in [1.29, 1.82) is 0 Å². The Hall–Kier alpha value is -4.29. The summed E-state index contributed by atoms with van der Waals surface area (Å²) in [5.41, 5.74) is 3.95. The van der Waals surface area contributed by atoms with Crippen LogP contribution in [-0.2, 0) is 17.9 Å². The highest BCUT2D eigenvalue weighted by molar-refractivity contribution is 5.94. The lowest BCUT2D eigenvalue weighted by Crippen LogP contribution is -2.30. The number of ether oxygens (including phenoxy) is 1. The van der Waals surface area contributed by atoms with Crippen LogP contribution in [0, 0.1) is 0 Å².